The van der Waals surface area contributed by atoms with E-state index in [1.165, 1.54) is 37.4 Å². The number of hydrogen-bond donors (Lipinski definition) is 2. The summed E-state index contributed by atoms with van der Waals surface area (Å²) in [7, 11) is -2.34. The zero-order valence-corrected chi connectivity index (χ0v) is 20.0. The molecular weight excluding hydrogens is 470 g/mol. The fourth-order valence-corrected chi connectivity index (χ4v) is 4.52. The molecule has 3 rings (SSSR count). The predicted octanol–water partition coefficient (Wildman–Crippen LogP) is 2.37. The van der Waals surface area contributed by atoms with Gasteiger partial charge in [-0.2, -0.15) is 0 Å². The van der Waals surface area contributed by atoms with Gasteiger partial charge in [0, 0.05) is 19.6 Å². The Bertz CT molecular complexity index is 1030. The van der Waals surface area contributed by atoms with Crippen LogP contribution in [0, 0.1) is 0 Å². The van der Waals surface area contributed by atoms with E-state index in [9.17, 15) is 13.2 Å². The molecule has 180 valence electrons. The van der Waals surface area contributed by atoms with Crippen molar-refractivity contribution in [2.24, 2.45) is 0 Å². The second kappa shape index (κ2) is 12.1. The summed E-state index contributed by atoms with van der Waals surface area (Å²) in [6.45, 7) is 4.69. The molecule has 0 saturated carbocycles. The number of sulfonamides is 1. The number of anilines is 1. The van der Waals surface area contributed by atoms with E-state index in [2.05, 4.69) is 14.9 Å². The predicted molar refractivity (Wildman–Crippen MR) is 126 cm³/mol. The SMILES string of the molecule is COc1ccc(NS(=O)(=O)c2ccc(OCC(=O)NCCCN3CCOCC3)cc2)cc1Cl. The molecule has 1 saturated heterocycles. The lowest BCUT2D eigenvalue weighted by molar-refractivity contribution is -0.123. The molecule has 0 bridgehead atoms. The van der Waals surface area contributed by atoms with Gasteiger partial charge in [0.05, 0.1) is 35.9 Å². The molecule has 2 aromatic carbocycles. The number of methoxy groups -OCH3 is 1. The minimum atomic E-state index is -3.82. The van der Waals surface area contributed by atoms with Crippen molar-refractivity contribution < 1.29 is 27.4 Å². The van der Waals surface area contributed by atoms with Gasteiger partial charge in [0.2, 0.25) is 0 Å². The molecule has 2 aromatic rings. The van der Waals surface area contributed by atoms with Crippen molar-refractivity contribution in [3.63, 3.8) is 0 Å². The van der Waals surface area contributed by atoms with Gasteiger partial charge in [-0.25, -0.2) is 8.42 Å². The van der Waals surface area contributed by atoms with E-state index in [4.69, 9.17) is 25.8 Å². The number of morpholine rings is 1. The molecule has 0 atom stereocenters. The summed E-state index contributed by atoms with van der Waals surface area (Å²) in [5, 5.41) is 3.11. The van der Waals surface area contributed by atoms with Crippen LogP contribution in [-0.4, -0.2) is 72.3 Å². The second-order valence-corrected chi connectivity index (χ2v) is 9.46. The zero-order chi connectivity index (χ0) is 23.7. The van der Waals surface area contributed by atoms with Crippen LogP contribution in [0.1, 0.15) is 6.42 Å². The van der Waals surface area contributed by atoms with Gasteiger partial charge in [-0.05, 0) is 55.4 Å². The van der Waals surface area contributed by atoms with Gasteiger partial charge < -0.3 is 19.5 Å². The summed E-state index contributed by atoms with van der Waals surface area (Å²) in [6, 6.07) is 10.4. The summed E-state index contributed by atoms with van der Waals surface area (Å²) in [4.78, 5) is 14.3. The quantitative estimate of drug-likeness (QED) is 0.459. The van der Waals surface area contributed by atoms with Crippen LogP contribution in [0.5, 0.6) is 11.5 Å². The van der Waals surface area contributed by atoms with Crippen molar-refractivity contribution in [2.75, 3.05) is 57.8 Å². The zero-order valence-electron chi connectivity index (χ0n) is 18.4. The molecule has 9 nitrogen and oxygen atoms in total. The molecule has 11 heteroatoms. The summed E-state index contributed by atoms with van der Waals surface area (Å²) < 4.78 is 43.5. The first-order valence-electron chi connectivity index (χ1n) is 10.5. The van der Waals surface area contributed by atoms with Gasteiger partial charge in [0.25, 0.3) is 15.9 Å². The molecule has 0 spiro atoms. The third-order valence-corrected chi connectivity index (χ3v) is 6.68. The Morgan fingerprint density at radius 3 is 2.55 bits per heavy atom. The van der Waals surface area contributed by atoms with Crippen molar-refractivity contribution in [3.8, 4) is 11.5 Å². The number of nitrogens with zero attached hydrogens (tertiary/aromatic N) is 1. The lowest BCUT2D eigenvalue weighted by Gasteiger charge is -2.26. The van der Waals surface area contributed by atoms with Crippen LogP contribution in [0.3, 0.4) is 0 Å². The Hall–Kier alpha value is -2.53. The van der Waals surface area contributed by atoms with Crippen LogP contribution in [-0.2, 0) is 19.6 Å². The highest BCUT2D eigenvalue weighted by Crippen LogP contribution is 2.28. The topological polar surface area (TPSA) is 106 Å². The van der Waals surface area contributed by atoms with Crippen LogP contribution in [0.15, 0.2) is 47.4 Å². The summed E-state index contributed by atoms with van der Waals surface area (Å²) in [5.74, 6) is 0.610. The van der Waals surface area contributed by atoms with Crippen LogP contribution in [0.25, 0.3) is 0 Å². The van der Waals surface area contributed by atoms with Crippen LogP contribution >= 0.6 is 11.6 Å². The maximum atomic E-state index is 12.6. The van der Waals surface area contributed by atoms with Crippen molar-refractivity contribution >= 4 is 33.2 Å². The molecule has 1 heterocycles. The van der Waals surface area contributed by atoms with Crippen molar-refractivity contribution in [1.29, 1.82) is 0 Å². The molecule has 0 unspecified atom stereocenters. The molecule has 0 radical (unpaired) electrons. The molecule has 0 aromatic heterocycles. The van der Waals surface area contributed by atoms with Gasteiger partial charge in [0.1, 0.15) is 11.5 Å². The van der Waals surface area contributed by atoms with Crippen molar-refractivity contribution in [1.82, 2.24) is 10.2 Å². The van der Waals surface area contributed by atoms with E-state index in [0.29, 0.717) is 28.8 Å². The average Bonchev–Trinajstić information content (AvgIpc) is 2.81. The Morgan fingerprint density at radius 2 is 1.88 bits per heavy atom. The van der Waals surface area contributed by atoms with Crippen molar-refractivity contribution in [2.45, 2.75) is 11.3 Å². The summed E-state index contributed by atoms with van der Waals surface area (Å²) >= 11 is 6.05. The molecule has 1 fully saturated rings. The first kappa shape index (κ1) is 25.1. The largest absolute Gasteiger partial charge is 0.495 e. The van der Waals surface area contributed by atoms with Gasteiger partial charge in [-0.15, -0.1) is 0 Å². The molecule has 1 aliphatic rings. The van der Waals surface area contributed by atoms with Gasteiger partial charge in [0.15, 0.2) is 6.61 Å². The number of rotatable bonds is 11. The number of ether oxygens (including phenoxy) is 3. The number of nitrogens with one attached hydrogen (secondary N) is 2. The normalized spacial score (nSPS) is 14.5. The maximum absolute atomic E-state index is 12.6. The number of carbonyl (C=O) groups excluding carboxylic acids is 1. The monoisotopic (exact) mass is 497 g/mol. The minimum absolute atomic E-state index is 0.0503. The van der Waals surface area contributed by atoms with Gasteiger partial charge in [-0.3, -0.25) is 14.4 Å². The average molecular weight is 498 g/mol. The smallest absolute Gasteiger partial charge is 0.261 e. The third kappa shape index (κ3) is 7.78. The summed E-state index contributed by atoms with van der Waals surface area (Å²) in [5.41, 5.74) is 0.311. The maximum Gasteiger partial charge on any atom is 0.261 e. The van der Waals surface area contributed by atoms with E-state index < -0.39 is 10.0 Å². The highest BCUT2D eigenvalue weighted by atomic mass is 35.5. The van der Waals surface area contributed by atoms with Gasteiger partial charge in [-0.1, -0.05) is 11.6 Å². The number of hydrogen-bond acceptors (Lipinski definition) is 7. The standard InChI is InChI=1S/C22H28ClN3O6S/c1-30-21-8-3-17(15-20(21)23)25-33(28,29)19-6-4-18(5-7-19)32-16-22(27)24-9-2-10-26-11-13-31-14-12-26/h3-8,15,25H,2,9-14,16H2,1H3,(H,24,27). The number of amides is 1. The first-order chi connectivity index (χ1) is 15.9. The lowest BCUT2D eigenvalue weighted by Crippen LogP contribution is -2.38. The molecule has 1 amide bonds. The van der Waals surface area contributed by atoms with Crippen molar-refractivity contribution in [3.05, 3.63) is 47.5 Å². The Kier molecular flexibility index (Phi) is 9.19. The second-order valence-electron chi connectivity index (χ2n) is 7.37. The molecule has 33 heavy (non-hydrogen) atoms. The van der Waals surface area contributed by atoms with Crippen LogP contribution in [0.4, 0.5) is 5.69 Å². The number of benzene rings is 2. The number of halogens is 1. The van der Waals surface area contributed by atoms with E-state index in [-0.39, 0.29) is 17.4 Å². The highest BCUT2D eigenvalue weighted by Gasteiger charge is 2.15. The molecule has 1 aliphatic heterocycles. The Labute approximate surface area is 199 Å². The van der Waals surface area contributed by atoms with Crippen LogP contribution in [0.2, 0.25) is 5.02 Å². The summed E-state index contributed by atoms with van der Waals surface area (Å²) in [6.07, 6.45) is 0.852. The van der Waals surface area contributed by atoms with E-state index in [1.54, 1.807) is 12.1 Å². The molecule has 0 aliphatic carbocycles. The lowest BCUT2D eigenvalue weighted by atomic mass is 10.3. The number of carbonyl (C=O) groups is 1. The third-order valence-electron chi connectivity index (χ3n) is 4.98. The molecular formula is C22H28ClN3O6S. The van der Waals surface area contributed by atoms with Gasteiger partial charge >= 0.3 is 0 Å². The van der Waals surface area contributed by atoms with Crippen LogP contribution < -0.4 is 19.5 Å². The van der Waals surface area contributed by atoms with E-state index in [0.717, 1.165) is 39.3 Å². The first-order valence-corrected chi connectivity index (χ1v) is 12.4. The Morgan fingerprint density at radius 1 is 1.15 bits per heavy atom. The fourth-order valence-electron chi connectivity index (χ4n) is 3.21. The minimum Gasteiger partial charge on any atom is -0.495 e. The fraction of sp³-hybridized carbons (Fsp3) is 0.409. The molecule has 2 N–H and O–H groups in total. The van der Waals surface area contributed by atoms with E-state index in [1.807, 2.05) is 0 Å². The highest BCUT2D eigenvalue weighted by molar-refractivity contribution is 7.92. The van der Waals surface area contributed by atoms with E-state index >= 15 is 0 Å². The Balaban J connectivity index is 1.43.